The number of unbranched alkanes of at least 4 members (excludes halogenated alkanes) is 2. The second-order valence-electron chi connectivity index (χ2n) is 5.24. The van der Waals surface area contributed by atoms with E-state index in [1.54, 1.807) is 20.8 Å². The number of hydrogen-bond acceptors (Lipinski definition) is 4. The summed E-state index contributed by atoms with van der Waals surface area (Å²) >= 11 is 0. The topological polar surface area (TPSA) is 101 Å². The van der Waals surface area contributed by atoms with Gasteiger partial charge in [0.2, 0.25) is 0 Å². The molecule has 2 unspecified atom stereocenters. The van der Waals surface area contributed by atoms with Crippen molar-refractivity contribution in [3.63, 3.8) is 0 Å². The fourth-order valence-electron chi connectivity index (χ4n) is 2.55. The Labute approximate surface area is 125 Å². The number of hydrogen-bond donors (Lipinski definition) is 2. The van der Waals surface area contributed by atoms with Gasteiger partial charge in [0.15, 0.2) is 5.41 Å². The van der Waals surface area contributed by atoms with Crippen molar-refractivity contribution in [3.8, 4) is 0 Å². The van der Waals surface area contributed by atoms with Crippen LogP contribution in [0.25, 0.3) is 0 Å². The molecule has 0 saturated carbocycles. The summed E-state index contributed by atoms with van der Waals surface area (Å²) in [4.78, 5) is 34.1. The molecule has 122 valence electrons. The molecular weight excluding hydrogens is 276 g/mol. The van der Waals surface area contributed by atoms with Crippen LogP contribution in [0.1, 0.15) is 59.3 Å². The first-order valence-corrected chi connectivity index (χ1v) is 7.45. The third-order valence-corrected chi connectivity index (χ3v) is 3.95. The van der Waals surface area contributed by atoms with E-state index in [9.17, 15) is 19.5 Å². The molecule has 0 aromatic heterocycles. The standard InChI is InChI=1S/C15H26O6/c1-4-15(13(18)19,14(20)21-5-2)11(3)9-7-6-8-10-12(16)17/h11H,4-10H2,1-3H3,(H,16,17)(H,18,19). The molecule has 0 heterocycles. The number of esters is 1. The van der Waals surface area contributed by atoms with Crippen LogP contribution in [-0.4, -0.2) is 34.7 Å². The molecule has 0 rings (SSSR count). The van der Waals surface area contributed by atoms with E-state index in [2.05, 4.69) is 0 Å². The summed E-state index contributed by atoms with van der Waals surface area (Å²) in [6, 6.07) is 0. The lowest BCUT2D eigenvalue weighted by atomic mass is 9.72. The van der Waals surface area contributed by atoms with E-state index in [4.69, 9.17) is 9.84 Å². The maximum atomic E-state index is 12.1. The summed E-state index contributed by atoms with van der Waals surface area (Å²) in [7, 11) is 0. The van der Waals surface area contributed by atoms with Gasteiger partial charge in [-0.2, -0.15) is 0 Å². The van der Waals surface area contributed by atoms with Gasteiger partial charge in [0.25, 0.3) is 0 Å². The minimum absolute atomic E-state index is 0.115. The molecule has 2 N–H and O–H groups in total. The molecule has 0 aliphatic carbocycles. The van der Waals surface area contributed by atoms with Crippen molar-refractivity contribution < 1.29 is 29.3 Å². The average Bonchev–Trinajstić information content (AvgIpc) is 2.39. The lowest BCUT2D eigenvalue weighted by Crippen LogP contribution is -2.45. The predicted molar refractivity (Wildman–Crippen MR) is 76.9 cm³/mol. The molecule has 6 nitrogen and oxygen atoms in total. The van der Waals surface area contributed by atoms with E-state index in [1.165, 1.54) is 0 Å². The quantitative estimate of drug-likeness (QED) is 0.346. The molecule has 6 heteroatoms. The van der Waals surface area contributed by atoms with Crippen LogP contribution in [0.15, 0.2) is 0 Å². The molecule has 0 saturated heterocycles. The molecule has 0 aliphatic heterocycles. The third kappa shape index (κ3) is 5.36. The van der Waals surface area contributed by atoms with E-state index in [-0.39, 0.29) is 25.4 Å². The highest BCUT2D eigenvalue weighted by atomic mass is 16.5. The van der Waals surface area contributed by atoms with Crippen molar-refractivity contribution in [1.29, 1.82) is 0 Å². The van der Waals surface area contributed by atoms with Crippen molar-refractivity contribution >= 4 is 17.9 Å². The van der Waals surface area contributed by atoms with E-state index in [1.807, 2.05) is 0 Å². The minimum atomic E-state index is -1.51. The summed E-state index contributed by atoms with van der Waals surface area (Å²) in [5.41, 5.74) is -1.51. The Morgan fingerprint density at radius 3 is 2.14 bits per heavy atom. The number of carbonyl (C=O) groups excluding carboxylic acids is 1. The zero-order chi connectivity index (χ0) is 16.5. The summed E-state index contributed by atoms with van der Waals surface area (Å²) in [6.45, 7) is 5.22. The van der Waals surface area contributed by atoms with Crippen molar-refractivity contribution in [1.82, 2.24) is 0 Å². The van der Waals surface area contributed by atoms with Gasteiger partial charge >= 0.3 is 17.9 Å². The maximum absolute atomic E-state index is 12.1. The third-order valence-electron chi connectivity index (χ3n) is 3.95. The second kappa shape index (κ2) is 9.37. The highest BCUT2D eigenvalue weighted by molar-refractivity contribution is 5.99. The number of carboxylic acid groups (broad SMARTS) is 2. The molecule has 0 spiro atoms. The zero-order valence-corrected chi connectivity index (χ0v) is 13.1. The van der Waals surface area contributed by atoms with Crippen molar-refractivity contribution in [2.24, 2.45) is 11.3 Å². The minimum Gasteiger partial charge on any atom is -0.481 e. The number of carboxylic acids is 2. The van der Waals surface area contributed by atoms with Crippen LogP contribution in [0.2, 0.25) is 0 Å². The molecule has 0 aliphatic rings. The van der Waals surface area contributed by atoms with Gasteiger partial charge in [-0.05, 0) is 32.1 Å². The van der Waals surface area contributed by atoms with Crippen LogP contribution in [0.4, 0.5) is 0 Å². The first-order chi connectivity index (χ1) is 9.82. The number of rotatable bonds is 11. The zero-order valence-electron chi connectivity index (χ0n) is 13.1. The number of carbonyl (C=O) groups is 3. The Kier molecular flexibility index (Phi) is 8.66. The Morgan fingerprint density at radius 1 is 1.10 bits per heavy atom. The Hall–Kier alpha value is -1.59. The molecule has 0 amide bonds. The summed E-state index contributed by atoms with van der Waals surface area (Å²) in [6.07, 6.45) is 2.82. The fourth-order valence-corrected chi connectivity index (χ4v) is 2.55. The molecule has 0 bridgehead atoms. The highest BCUT2D eigenvalue weighted by Gasteiger charge is 2.50. The van der Waals surface area contributed by atoms with Gasteiger partial charge in [-0.15, -0.1) is 0 Å². The Balaban J connectivity index is 4.66. The van der Waals surface area contributed by atoms with Gasteiger partial charge in [0.05, 0.1) is 6.61 Å². The van der Waals surface area contributed by atoms with Gasteiger partial charge < -0.3 is 14.9 Å². The molecule has 0 radical (unpaired) electrons. The van der Waals surface area contributed by atoms with Crippen LogP contribution in [0, 0.1) is 11.3 Å². The molecule has 0 aromatic rings. The second-order valence-corrected chi connectivity index (χ2v) is 5.24. The van der Waals surface area contributed by atoms with Gasteiger partial charge in [0.1, 0.15) is 0 Å². The van der Waals surface area contributed by atoms with Crippen LogP contribution in [0.5, 0.6) is 0 Å². The van der Waals surface area contributed by atoms with Crippen LogP contribution >= 0.6 is 0 Å². The lowest BCUT2D eigenvalue weighted by Gasteiger charge is -2.32. The molecule has 21 heavy (non-hydrogen) atoms. The van der Waals surface area contributed by atoms with Gasteiger partial charge in [-0.1, -0.05) is 26.7 Å². The molecule has 0 fully saturated rings. The maximum Gasteiger partial charge on any atom is 0.323 e. The van der Waals surface area contributed by atoms with E-state index < -0.39 is 23.3 Å². The van der Waals surface area contributed by atoms with Crippen molar-refractivity contribution in [2.45, 2.75) is 59.3 Å². The normalized spacial score (nSPS) is 15.0. The number of ether oxygens (including phenoxy) is 1. The molecule has 0 aromatic carbocycles. The van der Waals surface area contributed by atoms with Crippen LogP contribution in [-0.2, 0) is 19.1 Å². The largest absolute Gasteiger partial charge is 0.481 e. The van der Waals surface area contributed by atoms with E-state index in [0.717, 1.165) is 0 Å². The fraction of sp³-hybridized carbons (Fsp3) is 0.800. The van der Waals surface area contributed by atoms with Crippen molar-refractivity contribution in [3.05, 3.63) is 0 Å². The van der Waals surface area contributed by atoms with E-state index >= 15 is 0 Å². The monoisotopic (exact) mass is 302 g/mol. The van der Waals surface area contributed by atoms with Crippen LogP contribution < -0.4 is 0 Å². The molecule has 2 atom stereocenters. The number of aliphatic carboxylic acids is 2. The first-order valence-electron chi connectivity index (χ1n) is 7.45. The summed E-state index contributed by atoms with van der Waals surface area (Å²) in [5, 5.41) is 18.0. The van der Waals surface area contributed by atoms with E-state index in [0.29, 0.717) is 25.7 Å². The molecular formula is C15H26O6. The van der Waals surface area contributed by atoms with Crippen molar-refractivity contribution in [2.75, 3.05) is 6.61 Å². The highest BCUT2D eigenvalue weighted by Crippen LogP contribution is 2.37. The van der Waals surface area contributed by atoms with Gasteiger partial charge in [-0.25, -0.2) is 0 Å². The Bertz CT molecular complexity index is 365. The SMILES string of the molecule is CCOC(=O)C(CC)(C(=O)O)C(C)CCCCCC(=O)O. The summed E-state index contributed by atoms with van der Waals surface area (Å²) < 4.78 is 4.94. The Morgan fingerprint density at radius 2 is 1.71 bits per heavy atom. The van der Waals surface area contributed by atoms with Gasteiger partial charge in [0, 0.05) is 6.42 Å². The first kappa shape index (κ1) is 19.4. The smallest absolute Gasteiger partial charge is 0.323 e. The van der Waals surface area contributed by atoms with Crippen LogP contribution in [0.3, 0.4) is 0 Å². The predicted octanol–water partition coefficient (Wildman–Crippen LogP) is 2.70. The average molecular weight is 302 g/mol. The summed E-state index contributed by atoms with van der Waals surface area (Å²) in [5.74, 6) is -3.02. The lowest BCUT2D eigenvalue weighted by molar-refractivity contribution is -0.173. The van der Waals surface area contributed by atoms with Gasteiger partial charge in [-0.3, -0.25) is 14.4 Å².